The first-order valence-electron chi connectivity index (χ1n) is 12.4. The predicted molar refractivity (Wildman–Crippen MR) is 141 cm³/mol. The molecule has 1 rings (SSSR count). The van der Waals surface area contributed by atoms with Crippen molar-refractivity contribution in [2.45, 2.75) is 84.0 Å². The quantitative estimate of drug-likeness (QED) is 0.189. The molecule has 0 fully saturated rings. The fourth-order valence-corrected chi connectivity index (χ4v) is 9.91. The molecule has 0 heterocycles. The van der Waals surface area contributed by atoms with Gasteiger partial charge in [0.2, 0.25) is 0 Å². The van der Waals surface area contributed by atoms with E-state index in [-0.39, 0.29) is 0 Å². The summed E-state index contributed by atoms with van der Waals surface area (Å²) in [6.45, 7) is 9.42. The van der Waals surface area contributed by atoms with Gasteiger partial charge in [-0.1, -0.05) is 53.4 Å². The Morgan fingerprint density at radius 2 is 1.23 bits per heavy atom. The minimum atomic E-state index is -5.06. The Kier molecular flexibility index (Phi) is 16.1. The van der Waals surface area contributed by atoms with Gasteiger partial charge >= 0.3 is 11.9 Å². The van der Waals surface area contributed by atoms with E-state index in [9.17, 15) is 22.6 Å². The maximum absolute atomic E-state index is 10.9. The summed E-state index contributed by atoms with van der Waals surface area (Å²) in [5.41, 5.74) is -1.35. The molecule has 1 aromatic carbocycles. The monoisotopic (exact) mass is 534 g/mol. The number of benzene rings is 1. The van der Waals surface area contributed by atoms with E-state index in [0.29, 0.717) is 12.1 Å². The molecule has 0 aromatic heterocycles. The van der Waals surface area contributed by atoms with Gasteiger partial charge in [-0.25, -0.2) is 18.0 Å². The van der Waals surface area contributed by atoms with Gasteiger partial charge < -0.3 is 19.5 Å². The highest BCUT2D eigenvalue weighted by Crippen LogP contribution is 2.61. The third-order valence-corrected chi connectivity index (χ3v) is 11.9. The van der Waals surface area contributed by atoms with Gasteiger partial charge in [-0.05, 0) is 37.8 Å². The van der Waals surface area contributed by atoms with Crippen LogP contribution < -0.4 is 4.74 Å². The van der Waals surface area contributed by atoms with Crippen LogP contribution in [0.1, 0.15) is 99.8 Å². The Morgan fingerprint density at radius 1 is 0.829 bits per heavy atom. The number of methoxy groups -OCH3 is 1. The van der Waals surface area contributed by atoms with E-state index >= 15 is 0 Å². The first kappa shape index (κ1) is 33.3. The molecule has 8 nitrogen and oxygen atoms in total. The molecule has 0 bridgehead atoms. The second-order valence-corrected chi connectivity index (χ2v) is 14.6. The lowest BCUT2D eigenvalue weighted by Crippen LogP contribution is -2.12. The topological polar surface area (TPSA) is 141 Å². The van der Waals surface area contributed by atoms with Crippen molar-refractivity contribution in [3.63, 3.8) is 0 Å². The summed E-state index contributed by atoms with van der Waals surface area (Å²) in [6, 6.07) is 1.26. The number of hydrogen-bond acceptors (Lipinski definition) is 6. The highest BCUT2D eigenvalue weighted by molar-refractivity contribution is 7.85. The third-order valence-electron chi connectivity index (χ3n) is 5.95. The molecule has 2 N–H and O–H groups in total. The molecule has 0 atom stereocenters. The predicted octanol–water partition coefficient (Wildman–Crippen LogP) is 6.20. The summed E-state index contributed by atoms with van der Waals surface area (Å²) in [6.07, 6.45) is 17.9. The average molecular weight is 535 g/mol. The SMILES string of the molecule is CCCC[P+](CCCC)(CCCC)CCCC.COc1c(C(=O)O)cc(C(=O)O)cc1S(=O)(=O)[O-]. The first-order valence-corrected chi connectivity index (χ1v) is 16.4. The number of carbonyl (C=O) groups is 2. The van der Waals surface area contributed by atoms with E-state index in [1.54, 1.807) is 24.6 Å². The van der Waals surface area contributed by atoms with Crippen molar-refractivity contribution in [1.29, 1.82) is 0 Å². The molecule has 202 valence electrons. The number of ether oxygens (including phenoxy) is 1. The van der Waals surface area contributed by atoms with Gasteiger partial charge in [0.15, 0.2) is 5.75 Å². The van der Waals surface area contributed by atoms with E-state index in [2.05, 4.69) is 32.4 Å². The van der Waals surface area contributed by atoms with Gasteiger partial charge in [-0.15, -0.1) is 0 Å². The lowest BCUT2D eigenvalue weighted by Gasteiger charge is -2.28. The summed E-state index contributed by atoms with van der Waals surface area (Å²) >= 11 is 0. The second kappa shape index (κ2) is 16.9. The molecular weight excluding hydrogens is 491 g/mol. The van der Waals surface area contributed by atoms with Gasteiger partial charge in [0, 0.05) is 7.26 Å². The molecule has 0 saturated carbocycles. The molecule has 1 aromatic rings. The number of unbranched alkanes of at least 4 members (excludes halogenated alkanes) is 4. The maximum Gasteiger partial charge on any atom is 0.339 e. The van der Waals surface area contributed by atoms with Crippen LogP contribution in [0.2, 0.25) is 0 Å². The van der Waals surface area contributed by atoms with Crippen molar-refractivity contribution < 1.29 is 37.5 Å². The number of carboxylic acids is 2. The van der Waals surface area contributed by atoms with Gasteiger partial charge in [-0.3, -0.25) is 0 Å². The van der Waals surface area contributed by atoms with Crippen molar-refractivity contribution >= 4 is 29.3 Å². The van der Waals surface area contributed by atoms with E-state index < -0.39 is 51.1 Å². The summed E-state index contributed by atoms with van der Waals surface area (Å²) in [5, 5.41) is 17.5. The third kappa shape index (κ3) is 11.7. The smallest absolute Gasteiger partial charge is 0.339 e. The van der Waals surface area contributed by atoms with Crippen LogP contribution in [0.25, 0.3) is 0 Å². The molecule has 0 aliphatic rings. The second-order valence-electron chi connectivity index (χ2n) is 8.77. The highest BCUT2D eigenvalue weighted by Gasteiger charge is 2.34. The fraction of sp³-hybridized carbons (Fsp3) is 0.680. The number of hydrogen-bond donors (Lipinski definition) is 2. The van der Waals surface area contributed by atoms with Crippen LogP contribution in [0.3, 0.4) is 0 Å². The van der Waals surface area contributed by atoms with Crippen molar-refractivity contribution in [1.82, 2.24) is 0 Å². The Bertz CT molecular complexity index is 861. The minimum Gasteiger partial charge on any atom is -0.744 e. The molecule has 0 saturated heterocycles. The van der Waals surface area contributed by atoms with Crippen LogP contribution in [0.5, 0.6) is 5.75 Å². The molecule has 0 aliphatic heterocycles. The molecule has 0 unspecified atom stereocenters. The van der Waals surface area contributed by atoms with Crippen LogP contribution in [0.4, 0.5) is 0 Å². The van der Waals surface area contributed by atoms with Gasteiger partial charge in [-0.2, -0.15) is 0 Å². The van der Waals surface area contributed by atoms with E-state index in [1.807, 2.05) is 0 Å². The summed E-state index contributed by atoms with van der Waals surface area (Å²) < 4.78 is 37.4. The Hall–Kier alpha value is -1.70. The van der Waals surface area contributed by atoms with Crippen LogP contribution in [0, 0.1) is 0 Å². The molecule has 10 heteroatoms. The lowest BCUT2D eigenvalue weighted by molar-refractivity contribution is 0.0692. The molecular formula is C25H43O8PS. The first-order chi connectivity index (χ1) is 16.4. The molecule has 35 heavy (non-hydrogen) atoms. The number of rotatable bonds is 16. The number of carboxylic acid groups (broad SMARTS) is 2. The van der Waals surface area contributed by atoms with Crippen molar-refractivity contribution in [3.8, 4) is 5.75 Å². The standard InChI is InChI=1S/C16H36P.C9H8O8S/c1-5-9-13-17(14-10-6-2,15-11-7-3)16-12-8-4;1-17-7-5(9(12)13)2-4(8(10)11)3-6(7)18(14,15)16/h5-16H2,1-4H3;2-3H,1H3,(H,10,11)(H,12,13)(H,14,15,16)/q+1;/p-1. The zero-order valence-electron chi connectivity index (χ0n) is 21.8. The van der Waals surface area contributed by atoms with Crippen LogP contribution in [-0.2, 0) is 10.1 Å². The summed E-state index contributed by atoms with van der Waals surface area (Å²) in [5.74, 6) is -3.87. The zero-order valence-corrected chi connectivity index (χ0v) is 23.6. The molecule has 0 spiro atoms. The van der Waals surface area contributed by atoms with E-state index in [0.717, 1.165) is 7.11 Å². The number of aromatic carboxylic acids is 2. The van der Waals surface area contributed by atoms with Gasteiger partial charge in [0.1, 0.15) is 15.7 Å². The summed E-state index contributed by atoms with van der Waals surface area (Å²) in [7, 11) is -4.65. The summed E-state index contributed by atoms with van der Waals surface area (Å²) in [4.78, 5) is 20.6. The van der Waals surface area contributed by atoms with E-state index in [4.69, 9.17) is 10.2 Å². The van der Waals surface area contributed by atoms with Crippen LogP contribution >= 0.6 is 7.26 Å². The van der Waals surface area contributed by atoms with Gasteiger partial charge in [0.25, 0.3) is 0 Å². The zero-order chi connectivity index (χ0) is 27.1. The van der Waals surface area contributed by atoms with Crippen molar-refractivity contribution in [2.75, 3.05) is 31.8 Å². The Balaban J connectivity index is 0.000000662. The lowest BCUT2D eigenvalue weighted by atomic mass is 10.1. The average Bonchev–Trinajstić information content (AvgIpc) is 2.81. The largest absolute Gasteiger partial charge is 0.744 e. The van der Waals surface area contributed by atoms with Gasteiger partial charge in [0.05, 0.1) is 42.2 Å². The normalized spacial score (nSPS) is 11.5. The maximum atomic E-state index is 10.9. The van der Waals surface area contributed by atoms with Crippen LogP contribution in [0.15, 0.2) is 17.0 Å². The Morgan fingerprint density at radius 3 is 1.49 bits per heavy atom. The molecule has 0 aliphatic carbocycles. The van der Waals surface area contributed by atoms with E-state index in [1.165, 1.54) is 51.4 Å². The Labute approximate surface area is 211 Å². The molecule has 0 amide bonds. The van der Waals surface area contributed by atoms with Crippen molar-refractivity contribution in [3.05, 3.63) is 23.3 Å². The fourth-order valence-electron chi connectivity index (χ4n) is 3.93. The van der Waals surface area contributed by atoms with Crippen molar-refractivity contribution in [2.24, 2.45) is 0 Å². The van der Waals surface area contributed by atoms with Crippen LogP contribution in [-0.4, -0.2) is 66.9 Å². The minimum absolute atomic E-state index is 0.552. The molecule has 0 radical (unpaired) electrons. The highest BCUT2D eigenvalue weighted by atomic mass is 32.2.